The number of pyridine rings is 1. The van der Waals surface area contributed by atoms with Crippen LogP contribution in [0.3, 0.4) is 0 Å². The molecule has 10 nitrogen and oxygen atoms in total. The summed E-state index contributed by atoms with van der Waals surface area (Å²) >= 11 is 0. The fourth-order valence-corrected chi connectivity index (χ4v) is 6.11. The minimum absolute atomic E-state index is 0.0505. The molecule has 2 aliphatic rings. The first kappa shape index (κ1) is 29.9. The summed E-state index contributed by atoms with van der Waals surface area (Å²) in [6.07, 6.45) is 2.20. The summed E-state index contributed by atoms with van der Waals surface area (Å²) in [7, 11) is 26.2. The summed E-state index contributed by atoms with van der Waals surface area (Å²) in [6.45, 7) is -0.420. The number of likely N-dealkylation sites (tertiary alicyclic amines) is 2. The van der Waals surface area contributed by atoms with E-state index in [0.717, 1.165) is 16.4 Å². The lowest BCUT2D eigenvalue weighted by Gasteiger charge is -2.67. The molecule has 44 heavy (non-hydrogen) atoms. The highest BCUT2D eigenvalue weighted by molar-refractivity contribution is 6.47. The second kappa shape index (κ2) is 10.2. The summed E-state index contributed by atoms with van der Waals surface area (Å²) in [5.41, 5.74) is -3.14. The third-order valence-electron chi connectivity index (χ3n) is 8.45. The Labute approximate surface area is 253 Å². The SMILES string of the molecule is [B]C1CN(C(=O)c2ccnc(C(F)(F)F)c2F)CC([B])([B])C1([B])N1CC(CC#N)(n2cc(-c3ncnc4[nH]ccc34)cn2)C1. The van der Waals surface area contributed by atoms with Crippen LogP contribution in [0.4, 0.5) is 17.6 Å². The first-order chi connectivity index (χ1) is 20.7. The van der Waals surface area contributed by atoms with Gasteiger partial charge in [0.1, 0.15) is 17.5 Å². The van der Waals surface area contributed by atoms with Gasteiger partial charge in [0.15, 0.2) is 11.5 Å². The van der Waals surface area contributed by atoms with Gasteiger partial charge in [-0.3, -0.25) is 9.48 Å². The number of fused-ring (bicyclic) bond motifs is 1. The van der Waals surface area contributed by atoms with E-state index < -0.39 is 57.7 Å². The Morgan fingerprint density at radius 2 is 1.91 bits per heavy atom. The minimum Gasteiger partial charge on any atom is -0.346 e. The molecule has 4 aromatic rings. The number of nitrogens with one attached hydrogen (secondary N) is 1. The Morgan fingerprint density at radius 3 is 2.59 bits per heavy atom. The van der Waals surface area contributed by atoms with Crippen molar-refractivity contribution in [2.75, 3.05) is 26.2 Å². The number of aromatic nitrogens is 6. The van der Waals surface area contributed by atoms with Crippen molar-refractivity contribution in [3.8, 4) is 17.3 Å². The average Bonchev–Trinajstić information content (AvgIpc) is 3.62. The molecule has 0 saturated carbocycles. The molecule has 18 heteroatoms. The van der Waals surface area contributed by atoms with Crippen molar-refractivity contribution in [2.45, 2.75) is 34.6 Å². The number of aromatic amines is 1. The molecule has 0 aliphatic carbocycles. The molecule has 2 saturated heterocycles. The van der Waals surface area contributed by atoms with Crippen molar-refractivity contribution >= 4 is 48.3 Å². The number of carbonyl (C=O) groups is 1. The van der Waals surface area contributed by atoms with Crippen molar-refractivity contribution in [1.29, 1.82) is 5.26 Å². The standard InChI is InChI=1S/C26H19B4F4N9O/c27-17-9-41(22(44)15-1-5-36-20(18(15)31)26(32,33)34)12-24(28,29)25(17,30)42-10-23(11-42,3-4-35)43-8-14(7-40-43)19-16-2-6-37-21(16)39-13-38-19/h1-2,5-8,13,17H,3,9-12H2,(H,37,38,39). The molecule has 2 atom stereocenters. The van der Waals surface area contributed by atoms with Gasteiger partial charge in [-0.25, -0.2) is 19.3 Å². The zero-order valence-electron chi connectivity index (χ0n) is 23.0. The number of rotatable bonds is 5. The highest BCUT2D eigenvalue weighted by Gasteiger charge is 2.59. The number of alkyl halides is 3. The number of nitriles is 1. The third kappa shape index (κ3) is 4.51. The smallest absolute Gasteiger partial charge is 0.346 e. The number of piperidine rings is 1. The molecule has 214 valence electrons. The number of hydrogen-bond acceptors (Lipinski definition) is 7. The molecule has 0 aromatic carbocycles. The lowest BCUT2D eigenvalue weighted by molar-refractivity contribution is -0.143. The van der Waals surface area contributed by atoms with Crippen molar-refractivity contribution in [1.82, 2.24) is 39.5 Å². The summed E-state index contributed by atoms with van der Waals surface area (Å²) in [5.74, 6) is -4.02. The topological polar surface area (TPSA) is 120 Å². The normalized spacial score (nSPS) is 23.2. The van der Waals surface area contributed by atoms with Crippen LogP contribution in [0.2, 0.25) is 11.0 Å². The molecule has 6 rings (SSSR count). The molecule has 2 unspecified atom stereocenters. The van der Waals surface area contributed by atoms with Crippen LogP contribution in [-0.2, 0) is 11.7 Å². The second-order valence-corrected chi connectivity index (χ2v) is 11.2. The Kier molecular flexibility index (Phi) is 6.95. The van der Waals surface area contributed by atoms with Crippen molar-refractivity contribution in [3.05, 3.63) is 60.3 Å². The maximum absolute atomic E-state index is 14.7. The Hall–Kier alpha value is -4.12. The van der Waals surface area contributed by atoms with Crippen LogP contribution >= 0.6 is 0 Å². The largest absolute Gasteiger partial charge is 0.436 e. The minimum atomic E-state index is -5.11. The van der Waals surface area contributed by atoms with E-state index in [9.17, 15) is 27.6 Å². The second-order valence-electron chi connectivity index (χ2n) is 11.2. The van der Waals surface area contributed by atoms with Crippen LogP contribution < -0.4 is 0 Å². The molecule has 0 spiro atoms. The Morgan fingerprint density at radius 1 is 1.16 bits per heavy atom. The molecule has 1 N–H and O–H groups in total. The predicted octanol–water partition coefficient (Wildman–Crippen LogP) is 1.73. The van der Waals surface area contributed by atoms with Gasteiger partial charge >= 0.3 is 6.18 Å². The van der Waals surface area contributed by atoms with Gasteiger partial charge in [0.2, 0.25) is 0 Å². The lowest BCUT2D eigenvalue weighted by atomic mass is 9.32. The van der Waals surface area contributed by atoms with Gasteiger partial charge in [-0.2, -0.15) is 23.5 Å². The molecule has 0 bridgehead atoms. The predicted molar refractivity (Wildman–Crippen MR) is 152 cm³/mol. The zero-order chi connectivity index (χ0) is 31.7. The maximum Gasteiger partial charge on any atom is 0.436 e. The summed E-state index contributed by atoms with van der Waals surface area (Å²) < 4.78 is 55.9. The number of halogens is 4. The summed E-state index contributed by atoms with van der Waals surface area (Å²) in [5, 5.41) is 13.1. The molecular formula is C26H19B4F4N9O. The maximum atomic E-state index is 14.7. The van der Waals surface area contributed by atoms with E-state index in [1.807, 2.05) is 6.07 Å². The fraction of sp³-hybridized carbons (Fsp3) is 0.385. The van der Waals surface area contributed by atoms with Crippen LogP contribution in [0.5, 0.6) is 0 Å². The summed E-state index contributed by atoms with van der Waals surface area (Å²) in [4.78, 5) is 30.5. The third-order valence-corrected chi connectivity index (χ3v) is 8.45. The van der Waals surface area contributed by atoms with Crippen LogP contribution in [-0.4, -0.2) is 108 Å². The highest BCUT2D eigenvalue weighted by Crippen LogP contribution is 2.52. The van der Waals surface area contributed by atoms with Gasteiger partial charge in [0, 0.05) is 55.7 Å². The van der Waals surface area contributed by atoms with Gasteiger partial charge in [0.25, 0.3) is 5.91 Å². The molecule has 1 amide bonds. The number of nitrogens with zero attached hydrogens (tertiary/aromatic N) is 8. The Balaban J connectivity index is 1.24. The fourth-order valence-electron chi connectivity index (χ4n) is 6.11. The monoisotopic (exact) mass is 593 g/mol. The van der Waals surface area contributed by atoms with E-state index in [0.29, 0.717) is 23.1 Å². The van der Waals surface area contributed by atoms with Gasteiger partial charge in [0.05, 0.1) is 61.3 Å². The van der Waals surface area contributed by atoms with Crippen LogP contribution in [0.15, 0.2) is 43.2 Å². The van der Waals surface area contributed by atoms with Crippen LogP contribution in [0, 0.1) is 17.1 Å². The van der Waals surface area contributed by atoms with Crippen molar-refractivity contribution < 1.29 is 22.4 Å². The van der Waals surface area contributed by atoms with Gasteiger partial charge in [-0.1, -0.05) is 11.0 Å². The summed E-state index contributed by atoms with van der Waals surface area (Å²) in [6, 6.07) is 4.87. The quantitative estimate of drug-likeness (QED) is 0.277. The first-order valence-electron chi connectivity index (χ1n) is 13.3. The molecule has 6 heterocycles. The number of hydrogen-bond donors (Lipinski definition) is 1. The average molecular weight is 593 g/mol. The molecule has 8 radical (unpaired) electrons. The van der Waals surface area contributed by atoms with Gasteiger partial charge < -0.3 is 14.8 Å². The molecule has 4 aromatic heterocycles. The van der Waals surface area contributed by atoms with Gasteiger partial charge in [-0.05, 0) is 17.6 Å². The van der Waals surface area contributed by atoms with Crippen molar-refractivity contribution in [3.63, 3.8) is 0 Å². The van der Waals surface area contributed by atoms with Crippen molar-refractivity contribution in [2.24, 2.45) is 0 Å². The number of amides is 1. The van der Waals surface area contributed by atoms with E-state index in [-0.39, 0.29) is 26.1 Å². The number of carbonyl (C=O) groups excluding carboxylic acids is 1. The zero-order valence-corrected chi connectivity index (χ0v) is 23.0. The molecule has 2 aliphatic heterocycles. The van der Waals surface area contributed by atoms with Crippen LogP contribution in [0.1, 0.15) is 22.5 Å². The molecular weight excluding hydrogens is 574 g/mol. The van der Waals surface area contributed by atoms with E-state index >= 15 is 0 Å². The lowest BCUT2D eigenvalue weighted by Crippen LogP contribution is -2.77. The van der Waals surface area contributed by atoms with E-state index in [1.54, 1.807) is 28.2 Å². The first-order valence-corrected chi connectivity index (χ1v) is 13.3. The highest BCUT2D eigenvalue weighted by atomic mass is 19.4. The number of H-pyrrole nitrogens is 1. The van der Waals surface area contributed by atoms with Gasteiger partial charge in [-0.15, -0.1) is 0 Å². The van der Waals surface area contributed by atoms with E-state index in [4.69, 9.17) is 31.4 Å². The van der Waals surface area contributed by atoms with E-state index in [1.165, 1.54) is 6.33 Å². The molecule has 2 fully saturated rings. The van der Waals surface area contributed by atoms with E-state index in [2.05, 4.69) is 31.1 Å². The Bertz CT molecular complexity index is 1800. The van der Waals surface area contributed by atoms with Crippen LogP contribution in [0.25, 0.3) is 22.3 Å².